The molecule has 2 rings (SSSR count). The third-order valence-corrected chi connectivity index (χ3v) is 3.48. The van der Waals surface area contributed by atoms with Gasteiger partial charge in [-0.15, -0.1) is 12.4 Å². The van der Waals surface area contributed by atoms with E-state index in [1.54, 1.807) is 13.1 Å². The number of rotatable bonds is 5. The Morgan fingerprint density at radius 2 is 2.14 bits per heavy atom. The number of carbonyl (C=O) groups excluding carboxylic acids is 1. The van der Waals surface area contributed by atoms with Crippen molar-refractivity contribution in [2.75, 3.05) is 38.1 Å². The Morgan fingerprint density at radius 3 is 2.81 bits per heavy atom. The van der Waals surface area contributed by atoms with Crippen molar-refractivity contribution in [3.05, 3.63) is 29.8 Å². The number of amides is 1. The number of halogens is 3. The molecule has 21 heavy (non-hydrogen) atoms. The molecular formula is C14H20ClF2N3O. The molecule has 7 heteroatoms. The molecule has 0 spiro atoms. The molecule has 0 aliphatic carbocycles. The zero-order valence-corrected chi connectivity index (χ0v) is 12.7. The Balaban J connectivity index is 0.00000220. The summed E-state index contributed by atoms with van der Waals surface area (Å²) in [7, 11) is 1.72. The second-order valence-electron chi connectivity index (χ2n) is 5.03. The second-order valence-corrected chi connectivity index (χ2v) is 5.03. The van der Waals surface area contributed by atoms with Crippen molar-refractivity contribution < 1.29 is 13.6 Å². The predicted octanol–water partition coefficient (Wildman–Crippen LogP) is 1.55. The van der Waals surface area contributed by atoms with Crippen LogP contribution < -0.4 is 15.5 Å². The van der Waals surface area contributed by atoms with Gasteiger partial charge in [0.05, 0.1) is 6.54 Å². The summed E-state index contributed by atoms with van der Waals surface area (Å²) in [6.07, 6.45) is 0.929. The largest absolute Gasteiger partial charge is 0.371 e. The fourth-order valence-corrected chi connectivity index (χ4v) is 2.40. The van der Waals surface area contributed by atoms with Crippen LogP contribution in [0, 0.1) is 17.6 Å². The quantitative estimate of drug-likeness (QED) is 0.865. The summed E-state index contributed by atoms with van der Waals surface area (Å²) in [5, 5.41) is 5.65. The topological polar surface area (TPSA) is 44.4 Å². The normalized spacial score (nSPS) is 17.5. The van der Waals surface area contributed by atoms with Gasteiger partial charge in [-0.2, -0.15) is 0 Å². The molecule has 1 atom stereocenters. The van der Waals surface area contributed by atoms with Crippen molar-refractivity contribution in [1.29, 1.82) is 0 Å². The van der Waals surface area contributed by atoms with E-state index >= 15 is 0 Å². The van der Waals surface area contributed by atoms with Crippen LogP contribution in [0.2, 0.25) is 0 Å². The molecule has 1 unspecified atom stereocenters. The Morgan fingerprint density at radius 1 is 1.38 bits per heavy atom. The molecule has 0 aromatic heterocycles. The first-order chi connectivity index (χ1) is 9.60. The van der Waals surface area contributed by atoms with Gasteiger partial charge in [-0.1, -0.05) is 0 Å². The van der Waals surface area contributed by atoms with Gasteiger partial charge < -0.3 is 15.5 Å². The molecule has 0 radical (unpaired) electrons. The predicted molar refractivity (Wildman–Crippen MR) is 80.9 cm³/mol. The van der Waals surface area contributed by atoms with Crippen LogP contribution >= 0.6 is 12.4 Å². The first-order valence-electron chi connectivity index (χ1n) is 6.71. The fraction of sp³-hybridized carbons (Fsp3) is 0.500. The lowest BCUT2D eigenvalue weighted by atomic mass is 10.1. The highest BCUT2D eigenvalue weighted by Crippen LogP contribution is 2.24. The van der Waals surface area contributed by atoms with Gasteiger partial charge >= 0.3 is 0 Å². The van der Waals surface area contributed by atoms with Crippen LogP contribution in [0.4, 0.5) is 14.5 Å². The maximum absolute atomic E-state index is 13.2. The first-order valence-corrected chi connectivity index (χ1v) is 6.71. The number of benzene rings is 1. The SMILES string of the molecule is CNCC(=O)NCC1CCN(c2ccc(F)c(F)c2)C1.Cl. The van der Waals surface area contributed by atoms with Gasteiger partial charge in [0, 0.05) is 31.4 Å². The smallest absolute Gasteiger partial charge is 0.233 e. The number of nitrogens with one attached hydrogen (secondary N) is 2. The van der Waals surface area contributed by atoms with Crippen molar-refractivity contribution in [2.24, 2.45) is 5.92 Å². The average Bonchev–Trinajstić information content (AvgIpc) is 2.89. The maximum atomic E-state index is 13.2. The van der Waals surface area contributed by atoms with Crippen LogP contribution in [0.5, 0.6) is 0 Å². The minimum atomic E-state index is -0.830. The van der Waals surface area contributed by atoms with Gasteiger partial charge in [-0.05, 0) is 31.5 Å². The highest BCUT2D eigenvalue weighted by Gasteiger charge is 2.23. The number of anilines is 1. The van der Waals surface area contributed by atoms with Crippen LogP contribution in [0.25, 0.3) is 0 Å². The number of hydrogen-bond donors (Lipinski definition) is 2. The Hall–Kier alpha value is -1.40. The van der Waals surface area contributed by atoms with Crippen molar-refractivity contribution in [1.82, 2.24) is 10.6 Å². The van der Waals surface area contributed by atoms with Gasteiger partial charge in [0.15, 0.2) is 11.6 Å². The van der Waals surface area contributed by atoms with Crippen molar-refractivity contribution in [2.45, 2.75) is 6.42 Å². The average molecular weight is 320 g/mol. The summed E-state index contributed by atoms with van der Waals surface area (Å²) in [5.41, 5.74) is 0.688. The summed E-state index contributed by atoms with van der Waals surface area (Å²) >= 11 is 0. The third-order valence-electron chi connectivity index (χ3n) is 3.48. The van der Waals surface area contributed by atoms with Gasteiger partial charge in [0.2, 0.25) is 5.91 Å². The first kappa shape index (κ1) is 17.7. The van der Waals surface area contributed by atoms with Crippen molar-refractivity contribution >= 4 is 24.0 Å². The standard InChI is InChI=1S/C14H19F2N3O.ClH/c1-17-8-14(20)18-7-10-4-5-19(9-10)11-2-3-12(15)13(16)6-11;/h2-3,6,10,17H,4-5,7-9H2,1H3,(H,18,20);1H. The molecular weight excluding hydrogens is 300 g/mol. The van der Waals surface area contributed by atoms with E-state index in [4.69, 9.17) is 0 Å². The molecule has 1 aromatic rings. The molecule has 1 aliphatic heterocycles. The zero-order chi connectivity index (χ0) is 14.5. The Labute approximate surface area is 129 Å². The van der Waals surface area contributed by atoms with Gasteiger partial charge in [-0.3, -0.25) is 4.79 Å². The summed E-state index contributed by atoms with van der Waals surface area (Å²) in [5.74, 6) is -1.35. The second kappa shape index (κ2) is 8.14. The number of likely N-dealkylation sites (N-methyl/N-ethyl adjacent to an activating group) is 1. The van der Waals surface area contributed by atoms with E-state index < -0.39 is 11.6 Å². The lowest BCUT2D eigenvalue weighted by molar-refractivity contribution is -0.120. The molecule has 4 nitrogen and oxygen atoms in total. The van der Waals surface area contributed by atoms with Crippen molar-refractivity contribution in [3.8, 4) is 0 Å². The summed E-state index contributed by atoms with van der Waals surface area (Å²) in [4.78, 5) is 13.4. The zero-order valence-electron chi connectivity index (χ0n) is 11.9. The van der Waals surface area contributed by atoms with E-state index in [0.29, 0.717) is 24.7 Å². The Bertz CT molecular complexity index is 487. The van der Waals surface area contributed by atoms with Crippen LogP contribution in [-0.2, 0) is 4.79 Å². The minimum absolute atomic E-state index is 0. The van der Waals surface area contributed by atoms with Crippen LogP contribution in [-0.4, -0.2) is 39.1 Å². The molecule has 2 N–H and O–H groups in total. The lowest BCUT2D eigenvalue weighted by Gasteiger charge is -2.19. The number of carbonyl (C=O) groups is 1. The molecule has 0 bridgehead atoms. The molecule has 1 aromatic carbocycles. The maximum Gasteiger partial charge on any atom is 0.233 e. The highest BCUT2D eigenvalue weighted by molar-refractivity contribution is 5.85. The van der Waals surface area contributed by atoms with E-state index in [1.807, 2.05) is 4.90 Å². The van der Waals surface area contributed by atoms with Crippen molar-refractivity contribution in [3.63, 3.8) is 0 Å². The fourth-order valence-electron chi connectivity index (χ4n) is 2.40. The van der Waals surface area contributed by atoms with Crippen LogP contribution in [0.3, 0.4) is 0 Å². The summed E-state index contributed by atoms with van der Waals surface area (Å²) in [6, 6.07) is 3.95. The van der Waals surface area contributed by atoms with E-state index in [-0.39, 0.29) is 18.3 Å². The minimum Gasteiger partial charge on any atom is -0.371 e. The molecule has 1 amide bonds. The molecule has 118 valence electrons. The van der Waals surface area contributed by atoms with E-state index in [2.05, 4.69) is 10.6 Å². The van der Waals surface area contributed by atoms with E-state index in [1.165, 1.54) is 6.07 Å². The van der Waals surface area contributed by atoms with Gasteiger partial charge in [-0.25, -0.2) is 8.78 Å². The van der Waals surface area contributed by atoms with Gasteiger partial charge in [0.25, 0.3) is 0 Å². The van der Waals surface area contributed by atoms with Crippen LogP contribution in [0.15, 0.2) is 18.2 Å². The van der Waals surface area contributed by atoms with E-state index in [9.17, 15) is 13.6 Å². The van der Waals surface area contributed by atoms with Crippen LogP contribution in [0.1, 0.15) is 6.42 Å². The highest BCUT2D eigenvalue weighted by atomic mass is 35.5. The molecule has 1 aliphatic rings. The van der Waals surface area contributed by atoms with Gasteiger partial charge in [0.1, 0.15) is 0 Å². The van der Waals surface area contributed by atoms with E-state index in [0.717, 1.165) is 25.6 Å². The molecule has 1 fully saturated rings. The Kier molecular flexibility index (Phi) is 6.84. The number of nitrogens with zero attached hydrogens (tertiary/aromatic N) is 1. The lowest BCUT2D eigenvalue weighted by Crippen LogP contribution is -2.36. The monoisotopic (exact) mass is 319 g/mol. The number of hydrogen-bond acceptors (Lipinski definition) is 3. The summed E-state index contributed by atoms with van der Waals surface area (Å²) < 4.78 is 26.1. The molecule has 0 saturated carbocycles. The molecule has 1 saturated heterocycles. The molecule has 1 heterocycles. The third kappa shape index (κ3) is 4.82. The summed E-state index contributed by atoms with van der Waals surface area (Å²) in [6.45, 7) is 2.45.